The fourth-order valence-electron chi connectivity index (χ4n) is 2.24. The lowest BCUT2D eigenvalue weighted by molar-refractivity contribution is -0.122. The predicted octanol–water partition coefficient (Wildman–Crippen LogP) is 2.28. The fraction of sp³-hybridized carbons (Fsp3) is 0.222. The van der Waals surface area contributed by atoms with Gasteiger partial charge < -0.3 is 10.6 Å². The molecule has 1 atom stereocenters. The lowest BCUT2D eigenvalue weighted by Crippen LogP contribution is -2.44. The zero-order valence-corrected chi connectivity index (χ0v) is 16.4. The molecule has 0 unspecified atom stereocenters. The van der Waals surface area contributed by atoms with E-state index in [0.29, 0.717) is 5.69 Å². The molecule has 27 heavy (non-hydrogen) atoms. The van der Waals surface area contributed by atoms with Crippen molar-refractivity contribution in [1.29, 1.82) is 0 Å². The standard InChI is InChI=1S/C18H20ClN3O4S/c1-12(22-27(25,26)17-5-3-4-15(19)10-17)18(24)20-11-14-6-8-16(9-7-14)21-13(2)23/h3-10,12,22H,11H2,1-2H3,(H,20,24)(H,21,23)/t12-/m1/s1. The Morgan fingerprint density at radius 1 is 1.11 bits per heavy atom. The van der Waals surface area contributed by atoms with Crippen molar-refractivity contribution in [3.63, 3.8) is 0 Å². The van der Waals surface area contributed by atoms with E-state index >= 15 is 0 Å². The normalized spacial score (nSPS) is 12.3. The third-order valence-electron chi connectivity index (χ3n) is 3.57. The zero-order chi connectivity index (χ0) is 20.0. The molecule has 2 amide bonds. The number of hydrogen-bond acceptors (Lipinski definition) is 4. The van der Waals surface area contributed by atoms with Crippen molar-refractivity contribution >= 4 is 39.1 Å². The van der Waals surface area contributed by atoms with Crippen LogP contribution in [0.15, 0.2) is 53.4 Å². The molecule has 3 N–H and O–H groups in total. The Bertz CT molecular complexity index is 930. The van der Waals surface area contributed by atoms with Crippen LogP contribution >= 0.6 is 11.6 Å². The number of carbonyl (C=O) groups excluding carboxylic acids is 2. The lowest BCUT2D eigenvalue weighted by atomic mass is 10.2. The summed E-state index contributed by atoms with van der Waals surface area (Å²) in [5, 5.41) is 5.60. The maximum atomic E-state index is 12.3. The van der Waals surface area contributed by atoms with E-state index in [2.05, 4.69) is 15.4 Å². The summed E-state index contributed by atoms with van der Waals surface area (Å²) in [7, 11) is -3.86. The highest BCUT2D eigenvalue weighted by Crippen LogP contribution is 2.15. The first-order chi connectivity index (χ1) is 12.7. The molecule has 0 aliphatic carbocycles. The largest absolute Gasteiger partial charge is 0.351 e. The maximum Gasteiger partial charge on any atom is 0.241 e. The summed E-state index contributed by atoms with van der Waals surface area (Å²) in [5.74, 6) is -0.636. The fourth-order valence-corrected chi connectivity index (χ4v) is 3.74. The van der Waals surface area contributed by atoms with Gasteiger partial charge in [-0.15, -0.1) is 0 Å². The van der Waals surface area contributed by atoms with Gasteiger partial charge >= 0.3 is 0 Å². The summed E-state index contributed by atoms with van der Waals surface area (Å²) >= 11 is 5.81. The van der Waals surface area contributed by atoms with Gasteiger partial charge in [0.1, 0.15) is 0 Å². The minimum Gasteiger partial charge on any atom is -0.351 e. The van der Waals surface area contributed by atoms with Gasteiger partial charge in [-0.05, 0) is 42.8 Å². The van der Waals surface area contributed by atoms with E-state index in [1.807, 2.05) is 0 Å². The van der Waals surface area contributed by atoms with Crippen LogP contribution in [0.25, 0.3) is 0 Å². The average Bonchev–Trinajstić information content (AvgIpc) is 2.60. The van der Waals surface area contributed by atoms with E-state index in [1.54, 1.807) is 30.3 Å². The molecule has 0 saturated heterocycles. The van der Waals surface area contributed by atoms with Crippen LogP contribution < -0.4 is 15.4 Å². The van der Waals surface area contributed by atoms with Crippen molar-refractivity contribution < 1.29 is 18.0 Å². The molecule has 0 spiro atoms. The van der Waals surface area contributed by atoms with Crippen LogP contribution in [-0.4, -0.2) is 26.3 Å². The second-order valence-corrected chi connectivity index (χ2v) is 8.05. The second-order valence-electron chi connectivity index (χ2n) is 5.90. The minimum atomic E-state index is -3.86. The molecule has 0 saturated carbocycles. The molecule has 0 aromatic heterocycles. The molecule has 2 aromatic carbocycles. The number of anilines is 1. The van der Waals surface area contributed by atoms with Gasteiger partial charge in [-0.3, -0.25) is 9.59 Å². The third-order valence-corrected chi connectivity index (χ3v) is 5.35. The second kappa shape index (κ2) is 8.98. The number of halogens is 1. The molecule has 2 aromatic rings. The first-order valence-corrected chi connectivity index (χ1v) is 9.95. The Morgan fingerprint density at radius 2 is 1.78 bits per heavy atom. The van der Waals surface area contributed by atoms with Crippen molar-refractivity contribution in [2.75, 3.05) is 5.32 Å². The number of nitrogens with one attached hydrogen (secondary N) is 3. The number of sulfonamides is 1. The van der Waals surface area contributed by atoms with Gasteiger partial charge in [0.2, 0.25) is 21.8 Å². The molecular weight excluding hydrogens is 390 g/mol. The number of benzene rings is 2. The smallest absolute Gasteiger partial charge is 0.241 e. The lowest BCUT2D eigenvalue weighted by Gasteiger charge is -2.15. The average molecular weight is 410 g/mol. The number of hydrogen-bond donors (Lipinski definition) is 3. The minimum absolute atomic E-state index is 0.0109. The highest BCUT2D eigenvalue weighted by molar-refractivity contribution is 7.89. The van der Waals surface area contributed by atoms with Crippen LogP contribution in [0.3, 0.4) is 0 Å². The molecule has 7 nitrogen and oxygen atoms in total. The van der Waals surface area contributed by atoms with Crippen molar-refractivity contribution in [3.05, 3.63) is 59.1 Å². The van der Waals surface area contributed by atoms with E-state index in [0.717, 1.165) is 5.56 Å². The van der Waals surface area contributed by atoms with Crippen molar-refractivity contribution in [2.24, 2.45) is 0 Å². The number of rotatable bonds is 7. The monoisotopic (exact) mass is 409 g/mol. The Labute approximate surface area is 163 Å². The Morgan fingerprint density at radius 3 is 2.37 bits per heavy atom. The molecule has 0 aliphatic rings. The molecular formula is C18H20ClN3O4S. The van der Waals surface area contributed by atoms with E-state index in [4.69, 9.17) is 11.6 Å². The van der Waals surface area contributed by atoms with E-state index in [-0.39, 0.29) is 22.4 Å². The van der Waals surface area contributed by atoms with Gasteiger partial charge in [0.25, 0.3) is 0 Å². The summed E-state index contributed by atoms with van der Waals surface area (Å²) in [6, 6.07) is 11.8. The summed E-state index contributed by atoms with van der Waals surface area (Å²) in [5.41, 5.74) is 1.46. The third kappa shape index (κ3) is 6.35. The van der Waals surface area contributed by atoms with Crippen LogP contribution in [0.1, 0.15) is 19.4 Å². The van der Waals surface area contributed by atoms with Gasteiger partial charge in [-0.25, -0.2) is 8.42 Å². The summed E-state index contributed by atoms with van der Waals surface area (Å²) in [6.45, 7) is 3.10. The zero-order valence-electron chi connectivity index (χ0n) is 14.8. The number of carbonyl (C=O) groups is 2. The molecule has 0 fully saturated rings. The van der Waals surface area contributed by atoms with E-state index in [1.165, 1.54) is 32.0 Å². The Kier molecular flexibility index (Phi) is 6.95. The van der Waals surface area contributed by atoms with Crippen molar-refractivity contribution in [1.82, 2.24) is 10.0 Å². The van der Waals surface area contributed by atoms with Crippen molar-refractivity contribution in [2.45, 2.75) is 31.3 Å². The SMILES string of the molecule is CC(=O)Nc1ccc(CNC(=O)[C@@H](C)NS(=O)(=O)c2cccc(Cl)c2)cc1. The van der Waals surface area contributed by atoms with Gasteiger partial charge in [-0.2, -0.15) is 4.72 Å². The molecule has 0 heterocycles. The molecule has 9 heteroatoms. The molecule has 2 rings (SSSR count). The first kappa shape index (κ1) is 20.9. The van der Waals surface area contributed by atoms with Gasteiger partial charge in [0.05, 0.1) is 10.9 Å². The highest BCUT2D eigenvalue weighted by atomic mass is 35.5. The van der Waals surface area contributed by atoms with Crippen LogP contribution in [0, 0.1) is 0 Å². The molecule has 0 radical (unpaired) electrons. The highest BCUT2D eigenvalue weighted by Gasteiger charge is 2.22. The topological polar surface area (TPSA) is 104 Å². The maximum absolute atomic E-state index is 12.3. The summed E-state index contributed by atoms with van der Waals surface area (Å²) in [6.07, 6.45) is 0. The van der Waals surface area contributed by atoms with Crippen LogP contribution in [-0.2, 0) is 26.2 Å². The van der Waals surface area contributed by atoms with Crippen LogP contribution in [0.4, 0.5) is 5.69 Å². The number of amides is 2. The van der Waals surface area contributed by atoms with Crippen LogP contribution in [0.5, 0.6) is 0 Å². The first-order valence-electron chi connectivity index (χ1n) is 8.09. The molecule has 0 bridgehead atoms. The predicted molar refractivity (Wildman–Crippen MR) is 104 cm³/mol. The summed E-state index contributed by atoms with van der Waals surface area (Å²) in [4.78, 5) is 23.2. The van der Waals surface area contributed by atoms with E-state index < -0.39 is 22.0 Å². The van der Waals surface area contributed by atoms with Crippen molar-refractivity contribution in [3.8, 4) is 0 Å². The van der Waals surface area contributed by atoms with Crippen LogP contribution in [0.2, 0.25) is 5.02 Å². The quantitative estimate of drug-likeness (QED) is 0.652. The van der Waals surface area contributed by atoms with Gasteiger partial charge in [-0.1, -0.05) is 29.8 Å². The molecule has 0 aliphatic heterocycles. The molecule has 144 valence electrons. The Balaban J connectivity index is 1.92. The Hall–Kier alpha value is -2.42. The van der Waals surface area contributed by atoms with E-state index in [9.17, 15) is 18.0 Å². The van der Waals surface area contributed by atoms with Gasteiger partial charge in [0, 0.05) is 24.2 Å². The summed E-state index contributed by atoms with van der Waals surface area (Å²) < 4.78 is 27.0. The van der Waals surface area contributed by atoms with Gasteiger partial charge in [0.15, 0.2) is 0 Å².